The molecule has 0 heterocycles. The van der Waals surface area contributed by atoms with Crippen molar-refractivity contribution in [2.75, 3.05) is 6.54 Å². The van der Waals surface area contributed by atoms with E-state index in [0.717, 1.165) is 33.7 Å². The molecule has 4 heteroatoms. The highest BCUT2D eigenvalue weighted by atomic mass is 79.9. The number of phenolic OH excluding ortho intramolecular Hbond substituents is 1. The van der Waals surface area contributed by atoms with Gasteiger partial charge in [0.05, 0.1) is 12.3 Å². The lowest BCUT2D eigenvalue weighted by atomic mass is 9.95. The Morgan fingerprint density at radius 1 is 1.14 bits per heavy atom. The van der Waals surface area contributed by atoms with Crippen LogP contribution in [0.1, 0.15) is 106 Å². The molecule has 0 fully saturated rings. The van der Waals surface area contributed by atoms with Crippen LogP contribution in [0.15, 0.2) is 63.2 Å². The number of aliphatic imine (C=N–C) groups is 1. The molecule has 0 saturated heterocycles. The lowest BCUT2D eigenvalue weighted by Crippen LogP contribution is -2.29. The number of aromatic hydroxyl groups is 1. The molecule has 2 unspecified atom stereocenters. The summed E-state index contributed by atoms with van der Waals surface area (Å²) in [4.78, 5) is 4.87. The van der Waals surface area contributed by atoms with Gasteiger partial charge in [-0.15, -0.1) is 0 Å². The van der Waals surface area contributed by atoms with Crippen LogP contribution in [0.4, 0.5) is 0 Å². The van der Waals surface area contributed by atoms with Gasteiger partial charge in [-0.1, -0.05) is 101 Å². The number of rotatable bonds is 14. The number of halogens is 1. The van der Waals surface area contributed by atoms with Crippen molar-refractivity contribution in [1.82, 2.24) is 5.32 Å². The van der Waals surface area contributed by atoms with Crippen LogP contribution in [0.2, 0.25) is 0 Å². The van der Waals surface area contributed by atoms with Gasteiger partial charge in [0.25, 0.3) is 0 Å². The van der Waals surface area contributed by atoms with E-state index in [1.54, 1.807) is 6.07 Å². The SMILES string of the molecule is CC/C=C\C=C(/C)C(=NC/C=C(\C)NC(CCCC)CC(C)CC)c1ccc(Br)cc1O.CCC. The second-order valence-electron chi connectivity index (χ2n) is 9.36. The molecule has 2 atom stereocenters. The van der Waals surface area contributed by atoms with Crippen molar-refractivity contribution in [2.45, 2.75) is 106 Å². The highest BCUT2D eigenvalue weighted by Gasteiger charge is 2.13. The second kappa shape index (κ2) is 20.4. The number of hydrogen-bond acceptors (Lipinski definition) is 3. The first kappa shape index (κ1) is 33.2. The van der Waals surface area contributed by atoms with Gasteiger partial charge in [-0.25, -0.2) is 0 Å². The van der Waals surface area contributed by atoms with E-state index in [1.807, 2.05) is 19.1 Å². The van der Waals surface area contributed by atoms with E-state index in [-0.39, 0.29) is 5.75 Å². The summed E-state index contributed by atoms with van der Waals surface area (Å²) in [5.74, 6) is 0.962. The minimum Gasteiger partial charge on any atom is -0.507 e. The molecule has 198 valence electrons. The lowest BCUT2D eigenvalue weighted by molar-refractivity contribution is 0.389. The summed E-state index contributed by atoms with van der Waals surface area (Å²) in [6.07, 6.45) is 16.7. The molecule has 0 bridgehead atoms. The molecule has 0 aliphatic heterocycles. The monoisotopic (exact) mass is 546 g/mol. The number of unbranched alkanes of at least 4 members (excludes halogenated alkanes) is 1. The molecular weight excluding hydrogens is 496 g/mol. The number of phenols is 1. The molecule has 1 aromatic carbocycles. The first-order chi connectivity index (χ1) is 16.7. The van der Waals surface area contributed by atoms with Gasteiger partial charge in [0.1, 0.15) is 5.75 Å². The van der Waals surface area contributed by atoms with Gasteiger partial charge < -0.3 is 10.4 Å². The molecule has 0 aliphatic rings. The van der Waals surface area contributed by atoms with E-state index in [4.69, 9.17) is 4.99 Å². The molecule has 0 aliphatic carbocycles. The fraction of sp³-hybridized carbons (Fsp3) is 0.581. The van der Waals surface area contributed by atoms with Crippen molar-refractivity contribution < 1.29 is 5.11 Å². The maximum absolute atomic E-state index is 10.5. The van der Waals surface area contributed by atoms with Crippen molar-refractivity contribution in [3.8, 4) is 5.75 Å². The Labute approximate surface area is 225 Å². The zero-order valence-electron chi connectivity index (χ0n) is 23.6. The van der Waals surface area contributed by atoms with Crippen LogP contribution in [-0.4, -0.2) is 23.4 Å². The number of nitrogens with zero attached hydrogens (tertiary/aromatic N) is 1. The van der Waals surface area contributed by atoms with Crippen LogP contribution in [0, 0.1) is 5.92 Å². The van der Waals surface area contributed by atoms with E-state index in [2.05, 4.69) is 94.0 Å². The molecule has 0 spiro atoms. The smallest absolute Gasteiger partial charge is 0.126 e. The normalized spacial score (nSPS) is 14.5. The van der Waals surface area contributed by atoms with Crippen molar-refractivity contribution in [3.63, 3.8) is 0 Å². The van der Waals surface area contributed by atoms with E-state index < -0.39 is 0 Å². The number of nitrogens with one attached hydrogen (secondary N) is 1. The largest absolute Gasteiger partial charge is 0.507 e. The number of allylic oxidation sites excluding steroid dienone is 5. The average Bonchev–Trinajstić information content (AvgIpc) is 2.81. The second-order valence-corrected chi connectivity index (χ2v) is 10.3. The van der Waals surface area contributed by atoms with Crippen LogP contribution < -0.4 is 5.32 Å². The third-order valence-electron chi connectivity index (χ3n) is 5.68. The summed E-state index contributed by atoms with van der Waals surface area (Å²) in [6, 6.07) is 6.09. The zero-order chi connectivity index (χ0) is 26.6. The van der Waals surface area contributed by atoms with Gasteiger partial charge in [-0.2, -0.15) is 0 Å². The molecule has 0 radical (unpaired) electrons. The van der Waals surface area contributed by atoms with Gasteiger partial charge >= 0.3 is 0 Å². The van der Waals surface area contributed by atoms with Crippen molar-refractivity contribution in [1.29, 1.82) is 0 Å². The summed E-state index contributed by atoms with van der Waals surface area (Å²) >= 11 is 3.42. The summed E-state index contributed by atoms with van der Waals surface area (Å²) in [5.41, 5.74) is 3.78. The fourth-order valence-corrected chi connectivity index (χ4v) is 3.91. The van der Waals surface area contributed by atoms with Crippen LogP contribution in [0.3, 0.4) is 0 Å². The molecule has 0 amide bonds. The van der Waals surface area contributed by atoms with Crippen LogP contribution >= 0.6 is 15.9 Å². The van der Waals surface area contributed by atoms with E-state index in [1.165, 1.54) is 44.2 Å². The van der Waals surface area contributed by atoms with Crippen LogP contribution in [0.25, 0.3) is 0 Å². The highest BCUT2D eigenvalue weighted by molar-refractivity contribution is 9.10. The minimum atomic E-state index is 0.234. The molecule has 1 rings (SSSR count). The Morgan fingerprint density at radius 3 is 2.40 bits per heavy atom. The van der Waals surface area contributed by atoms with Gasteiger partial charge in [0.2, 0.25) is 0 Å². The predicted octanol–water partition coefficient (Wildman–Crippen LogP) is 9.76. The average molecular weight is 548 g/mol. The first-order valence-corrected chi connectivity index (χ1v) is 14.3. The quantitative estimate of drug-likeness (QED) is 0.180. The minimum absolute atomic E-state index is 0.234. The van der Waals surface area contributed by atoms with Gasteiger partial charge in [0, 0.05) is 21.8 Å². The topological polar surface area (TPSA) is 44.6 Å². The van der Waals surface area contributed by atoms with Crippen molar-refractivity contribution in [3.05, 3.63) is 63.8 Å². The van der Waals surface area contributed by atoms with E-state index in [0.29, 0.717) is 12.6 Å². The molecule has 3 nitrogen and oxygen atoms in total. The summed E-state index contributed by atoms with van der Waals surface area (Å²) < 4.78 is 0.852. The van der Waals surface area contributed by atoms with Crippen LogP contribution in [-0.2, 0) is 0 Å². The summed E-state index contributed by atoms with van der Waals surface area (Å²) in [5, 5.41) is 14.2. The Balaban J connectivity index is 0.00000365. The Kier molecular flexibility index (Phi) is 19.3. The van der Waals surface area contributed by atoms with Gasteiger partial charge in [-0.05, 0) is 68.9 Å². The fourth-order valence-electron chi connectivity index (χ4n) is 3.56. The number of hydrogen-bond donors (Lipinski definition) is 2. The van der Waals surface area contributed by atoms with Gasteiger partial charge in [0.15, 0.2) is 0 Å². The molecular formula is C31H51BrN2O. The van der Waals surface area contributed by atoms with Gasteiger partial charge in [-0.3, -0.25) is 4.99 Å². The maximum atomic E-state index is 10.5. The summed E-state index contributed by atoms with van der Waals surface area (Å²) in [7, 11) is 0. The van der Waals surface area contributed by atoms with E-state index in [9.17, 15) is 5.11 Å². The summed E-state index contributed by atoms with van der Waals surface area (Å²) in [6.45, 7) is 18.0. The van der Waals surface area contributed by atoms with Crippen molar-refractivity contribution >= 4 is 21.6 Å². The third-order valence-corrected chi connectivity index (χ3v) is 6.17. The molecule has 2 N–H and O–H groups in total. The third kappa shape index (κ3) is 15.0. The maximum Gasteiger partial charge on any atom is 0.126 e. The predicted molar refractivity (Wildman–Crippen MR) is 161 cm³/mol. The highest BCUT2D eigenvalue weighted by Crippen LogP contribution is 2.25. The molecule has 35 heavy (non-hydrogen) atoms. The lowest BCUT2D eigenvalue weighted by Gasteiger charge is -2.23. The molecule has 0 saturated carbocycles. The standard InChI is InChI=1S/C28H43BrN2O.C3H8/c1-7-10-12-13-22(5)28(26-16-15-24(29)20-27(26)32)30-18-17-23(6)31-25(14-11-8-2)19-21(4)9-3;1-3-2/h10,12-13,15-17,20-21,25,31-32H,7-9,11,14,18-19H2,1-6H3;3H2,1-2H3/b12-10-,22-13+,23-17+,30-28?;. The zero-order valence-corrected chi connectivity index (χ0v) is 25.2. The number of benzene rings is 1. The molecule has 1 aromatic rings. The Morgan fingerprint density at radius 2 is 1.83 bits per heavy atom. The van der Waals surface area contributed by atoms with E-state index >= 15 is 0 Å². The van der Waals surface area contributed by atoms with Crippen LogP contribution in [0.5, 0.6) is 5.75 Å². The van der Waals surface area contributed by atoms with Crippen molar-refractivity contribution in [2.24, 2.45) is 10.9 Å². The first-order valence-electron chi connectivity index (χ1n) is 13.5. The Hall–Kier alpha value is -1.81. The molecule has 0 aromatic heterocycles. The Bertz CT molecular complexity index is 823.